The second kappa shape index (κ2) is 6.79. The number of carboxylic acid groups (broad SMARTS) is 1. The van der Waals surface area contributed by atoms with Crippen LogP contribution in [0.4, 0.5) is 0 Å². The molecule has 0 unspecified atom stereocenters. The lowest BCUT2D eigenvalue weighted by Crippen LogP contribution is -2.40. The van der Waals surface area contributed by atoms with Gasteiger partial charge in [0.2, 0.25) is 0 Å². The first-order valence-electron chi connectivity index (χ1n) is 6.87. The van der Waals surface area contributed by atoms with Crippen molar-refractivity contribution in [2.45, 2.75) is 24.7 Å². The smallest absolute Gasteiger partial charge is 0.306 e. The van der Waals surface area contributed by atoms with Gasteiger partial charge in [-0.05, 0) is 30.7 Å². The number of amides is 1. The van der Waals surface area contributed by atoms with E-state index in [0.717, 1.165) is 16.2 Å². The minimum absolute atomic E-state index is 0.0189. The molecule has 4 nitrogen and oxygen atoms in total. The van der Waals surface area contributed by atoms with Gasteiger partial charge in [0.1, 0.15) is 0 Å². The van der Waals surface area contributed by atoms with Gasteiger partial charge in [-0.1, -0.05) is 19.1 Å². The third-order valence-corrected chi connectivity index (χ3v) is 4.50. The van der Waals surface area contributed by atoms with Crippen LogP contribution in [0, 0.1) is 5.92 Å². The van der Waals surface area contributed by atoms with Crippen LogP contribution in [0.25, 0.3) is 0 Å². The lowest BCUT2D eigenvalue weighted by molar-refractivity contribution is -0.143. The van der Waals surface area contributed by atoms with E-state index in [2.05, 4.69) is 6.92 Å². The molecule has 1 N–H and O–H groups in total. The topological polar surface area (TPSA) is 57.6 Å². The zero-order chi connectivity index (χ0) is 14.5. The largest absolute Gasteiger partial charge is 0.481 e. The number of aliphatic carboxylic acids is 1. The van der Waals surface area contributed by atoms with E-state index in [9.17, 15) is 9.59 Å². The van der Waals surface area contributed by atoms with Gasteiger partial charge < -0.3 is 10.0 Å². The Morgan fingerprint density at radius 2 is 1.95 bits per heavy atom. The summed E-state index contributed by atoms with van der Waals surface area (Å²) in [5.74, 6) is -0.116. The van der Waals surface area contributed by atoms with Gasteiger partial charge in [0.05, 0.1) is 11.5 Å². The predicted molar refractivity (Wildman–Crippen MR) is 79.1 cm³/mol. The molecule has 5 heteroatoms. The summed E-state index contributed by atoms with van der Waals surface area (Å²) in [6, 6.07) is 7.62. The minimum Gasteiger partial charge on any atom is -0.481 e. The first kappa shape index (κ1) is 14.9. The molecule has 1 saturated heterocycles. The second-order valence-electron chi connectivity index (χ2n) is 4.83. The van der Waals surface area contributed by atoms with E-state index in [4.69, 9.17) is 5.11 Å². The van der Waals surface area contributed by atoms with Crippen LogP contribution in [0.15, 0.2) is 29.2 Å². The number of nitrogens with zero attached hydrogens (tertiary/aromatic N) is 1. The molecule has 1 heterocycles. The van der Waals surface area contributed by atoms with Gasteiger partial charge in [-0.15, -0.1) is 11.8 Å². The van der Waals surface area contributed by atoms with Crippen LogP contribution < -0.4 is 0 Å². The van der Waals surface area contributed by atoms with Gasteiger partial charge in [-0.3, -0.25) is 9.59 Å². The van der Waals surface area contributed by atoms with Crippen LogP contribution in [-0.4, -0.2) is 40.7 Å². The van der Waals surface area contributed by atoms with E-state index in [1.165, 1.54) is 0 Å². The highest BCUT2D eigenvalue weighted by Crippen LogP contribution is 2.25. The highest BCUT2D eigenvalue weighted by atomic mass is 32.2. The molecule has 2 rings (SSSR count). The van der Waals surface area contributed by atoms with E-state index in [1.807, 2.05) is 24.3 Å². The normalized spacial score (nSPS) is 16.1. The van der Waals surface area contributed by atoms with Crippen LogP contribution >= 0.6 is 11.8 Å². The third-order valence-electron chi connectivity index (χ3n) is 3.55. The first-order valence-corrected chi connectivity index (χ1v) is 7.86. The summed E-state index contributed by atoms with van der Waals surface area (Å²) in [6.45, 7) is 3.12. The Bertz CT molecular complexity index is 496. The Kier molecular flexibility index (Phi) is 5.06. The van der Waals surface area contributed by atoms with E-state index in [0.29, 0.717) is 25.9 Å². The van der Waals surface area contributed by atoms with Crippen LogP contribution in [0.1, 0.15) is 30.1 Å². The summed E-state index contributed by atoms with van der Waals surface area (Å²) in [5.41, 5.74) is 0.730. The monoisotopic (exact) mass is 293 g/mol. The predicted octanol–water partition coefficient (Wildman–Crippen LogP) is 2.74. The summed E-state index contributed by atoms with van der Waals surface area (Å²) in [5, 5.41) is 8.99. The molecule has 1 fully saturated rings. The van der Waals surface area contributed by atoms with E-state index in [1.54, 1.807) is 16.7 Å². The molecule has 1 amide bonds. The maximum Gasteiger partial charge on any atom is 0.306 e. The minimum atomic E-state index is -0.751. The molecule has 0 aliphatic carbocycles. The summed E-state index contributed by atoms with van der Waals surface area (Å²) in [6.07, 6.45) is 1.09. The first-order chi connectivity index (χ1) is 9.63. The zero-order valence-electron chi connectivity index (χ0n) is 11.5. The number of carbonyl (C=O) groups excluding carboxylic acids is 1. The Balaban J connectivity index is 2.07. The zero-order valence-corrected chi connectivity index (χ0v) is 12.4. The van der Waals surface area contributed by atoms with Crippen LogP contribution in [0.2, 0.25) is 0 Å². The summed E-state index contributed by atoms with van der Waals surface area (Å²) in [4.78, 5) is 26.2. The SMILES string of the molecule is CCSc1ccccc1C(=O)N1CCC(C(=O)O)CC1. The van der Waals surface area contributed by atoms with Crippen molar-refractivity contribution in [1.82, 2.24) is 4.90 Å². The van der Waals surface area contributed by atoms with Crippen molar-refractivity contribution >= 4 is 23.6 Å². The Morgan fingerprint density at radius 1 is 1.30 bits per heavy atom. The van der Waals surface area contributed by atoms with Gasteiger partial charge >= 0.3 is 5.97 Å². The molecule has 0 aromatic heterocycles. The Morgan fingerprint density at radius 3 is 2.55 bits per heavy atom. The van der Waals surface area contributed by atoms with E-state index < -0.39 is 5.97 Å². The van der Waals surface area contributed by atoms with Crippen molar-refractivity contribution in [1.29, 1.82) is 0 Å². The molecule has 0 spiro atoms. The van der Waals surface area contributed by atoms with Gasteiger partial charge in [0, 0.05) is 18.0 Å². The molecule has 0 radical (unpaired) electrons. The average Bonchev–Trinajstić information content (AvgIpc) is 2.47. The van der Waals surface area contributed by atoms with Crippen molar-refractivity contribution in [2.24, 2.45) is 5.92 Å². The number of hydrogen-bond acceptors (Lipinski definition) is 3. The molecular weight excluding hydrogens is 274 g/mol. The molecular formula is C15H19NO3S. The van der Waals surface area contributed by atoms with Gasteiger partial charge in [0.15, 0.2) is 0 Å². The van der Waals surface area contributed by atoms with Crippen LogP contribution in [0.5, 0.6) is 0 Å². The van der Waals surface area contributed by atoms with E-state index in [-0.39, 0.29) is 11.8 Å². The molecule has 108 valence electrons. The lowest BCUT2D eigenvalue weighted by Gasteiger charge is -2.30. The number of piperidine rings is 1. The van der Waals surface area contributed by atoms with Crippen molar-refractivity contribution < 1.29 is 14.7 Å². The number of carboxylic acids is 1. The number of hydrogen-bond donors (Lipinski definition) is 1. The number of thioether (sulfide) groups is 1. The number of rotatable bonds is 4. The molecule has 0 saturated carbocycles. The van der Waals surface area contributed by atoms with Gasteiger partial charge in [-0.25, -0.2) is 0 Å². The third kappa shape index (κ3) is 3.33. The average molecular weight is 293 g/mol. The van der Waals surface area contributed by atoms with Gasteiger partial charge in [-0.2, -0.15) is 0 Å². The summed E-state index contributed by atoms with van der Waals surface area (Å²) < 4.78 is 0. The Hall–Kier alpha value is -1.49. The maximum atomic E-state index is 12.5. The highest BCUT2D eigenvalue weighted by molar-refractivity contribution is 7.99. The van der Waals surface area contributed by atoms with Crippen molar-refractivity contribution in [2.75, 3.05) is 18.8 Å². The molecule has 0 bridgehead atoms. The summed E-state index contributed by atoms with van der Waals surface area (Å²) in [7, 11) is 0. The fourth-order valence-electron chi connectivity index (χ4n) is 2.42. The number of likely N-dealkylation sites (tertiary alicyclic amines) is 1. The fourth-order valence-corrected chi connectivity index (χ4v) is 3.22. The highest BCUT2D eigenvalue weighted by Gasteiger charge is 2.28. The second-order valence-corrected chi connectivity index (χ2v) is 6.14. The van der Waals surface area contributed by atoms with E-state index >= 15 is 0 Å². The van der Waals surface area contributed by atoms with Crippen molar-refractivity contribution in [3.8, 4) is 0 Å². The molecule has 1 aliphatic heterocycles. The van der Waals surface area contributed by atoms with Crippen molar-refractivity contribution in [3.05, 3.63) is 29.8 Å². The summed E-state index contributed by atoms with van der Waals surface area (Å²) >= 11 is 1.66. The molecule has 20 heavy (non-hydrogen) atoms. The number of benzene rings is 1. The molecule has 1 aromatic rings. The maximum absolute atomic E-state index is 12.5. The molecule has 1 aromatic carbocycles. The van der Waals surface area contributed by atoms with Crippen LogP contribution in [-0.2, 0) is 4.79 Å². The lowest BCUT2D eigenvalue weighted by atomic mass is 9.96. The quantitative estimate of drug-likeness (QED) is 0.867. The standard InChI is InChI=1S/C15H19NO3S/c1-2-20-13-6-4-3-5-12(13)14(17)16-9-7-11(8-10-16)15(18)19/h3-6,11H,2,7-10H2,1H3,(H,18,19). The Labute approximate surface area is 123 Å². The van der Waals surface area contributed by atoms with Gasteiger partial charge in [0.25, 0.3) is 5.91 Å². The molecule has 0 atom stereocenters. The molecule has 1 aliphatic rings. The van der Waals surface area contributed by atoms with Crippen LogP contribution in [0.3, 0.4) is 0 Å². The fraction of sp³-hybridized carbons (Fsp3) is 0.467. The van der Waals surface area contributed by atoms with Crippen molar-refractivity contribution in [3.63, 3.8) is 0 Å². The number of carbonyl (C=O) groups is 2.